The molecule has 0 saturated heterocycles. The lowest BCUT2D eigenvalue weighted by atomic mass is 9.97. The van der Waals surface area contributed by atoms with Crippen LogP contribution >= 0.6 is 23.1 Å². The van der Waals surface area contributed by atoms with E-state index in [1.807, 2.05) is 23.1 Å². The molecule has 0 unspecified atom stereocenters. The highest BCUT2D eigenvalue weighted by Gasteiger charge is 2.23. The second kappa shape index (κ2) is 7.97. The predicted octanol–water partition coefficient (Wildman–Crippen LogP) is 6.02. The second-order valence-corrected chi connectivity index (χ2v) is 8.80. The molecule has 0 amide bonds. The van der Waals surface area contributed by atoms with Gasteiger partial charge in [-0.2, -0.15) is 0 Å². The van der Waals surface area contributed by atoms with Crippen molar-refractivity contribution in [3.63, 3.8) is 0 Å². The molecule has 2 aromatic carbocycles. The molecule has 1 aromatic heterocycles. The summed E-state index contributed by atoms with van der Waals surface area (Å²) >= 11 is 3.69. The van der Waals surface area contributed by atoms with Gasteiger partial charge in [-0.15, -0.1) is 11.3 Å². The molecule has 2 heterocycles. The van der Waals surface area contributed by atoms with Crippen molar-refractivity contribution in [2.75, 3.05) is 27.2 Å². The summed E-state index contributed by atoms with van der Waals surface area (Å²) in [7, 11) is 4.20. The lowest BCUT2D eigenvalue weighted by Crippen LogP contribution is -2.14. The van der Waals surface area contributed by atoms with Crippen molar-refractivity contribution < 1.29 is 4.74 Å². The normalized spacial score (nSPS) is 12.4. The van der Waals surface area contributed by atoms with Gasteiger partial charge < -0.3 is 9.64 Å². The first-order valence-electron chi connectivity index (χ1n) is 8.93. The molecular formula is C22H23NOS2. The van der Waals surface area contributed by atoms with Gasteiger partial charge in [0.25, 0.3) is 0 Å². The van der Waals surface area contributed by atoms with Crippen LogP contribution in [0.3, 0.4) is 0 Å². The predicted molar refractivity (Wildman–Crippen MR) is 112 cm³/mol. The van der Waals surface area contributed by atoms with Gasteiger partial charge in [0.2, 0.25) is 0 Å². The number of hydrogen-bond acceptors (Lipinski definition) is 4. The molecule has 2 nitrogen and oxygen atoms in total. The number of hydrogen-bond donors (Lipinski definition) is 0. The number of benzene rings is 2. The SMILES string of the molecule is CN(C)CCCOCc1scc2c1-c1ccccc1Sc1ccccc1-2. The molecule has 134 valence electrons. The number of rotatable bonds is 6. The zero-order valence-corrected chi connectivity index (χ0v) is 16.8. The smallest absolute Gasteiger partial charge is 0.0815 e. The molecule has 1 aliphatic rings. The molecule has 4 heteroatoms. The van der Waals surface area contributed by atoms with E-state index in [1.54, 1.807) is 0 Å². The van der Waals surface area contributed by atoms with E-state index in [1.165, 1.54) is 36.9 Å². The van der Waals surface area contributed by atoms with Crippen molar-refractivity contribution in [3.05, 3.63) is 58.8 Å². The van der Waals surface area contributed by atoms with Crippen LogP contribution in [0.4, 0.5) is 0 Å². The summed E-state index contributed by atoms with van der Waals surface area (Å²) in [6.45, 7) is 2.56. The largest absolute Gasteiger partial charge is 0.376 e. The van der Waals surface area contributed by atoms with Gasteiger partial charge in [0.1, 0.15) is 0 Å². The Morgan fingerprint density at radius 2 is 1.58 bits per heavy atom. The van der Waals surface area contributed by atoms with Crippen LogP contribution in [0.25, 0.3) is 22.3 Å². The van der Waals surface area contributed by atoms with Crippen molar-refractivity contribution >= 4 is 23.1 Å². The summed E-state index contributed by atoms with van der Waals surface area (Å²) in [4.78, 5) is 6.18. The van der Waals surface area contributed by atoms with Crippen LogP contribution in [0, 0.1) is 0 Å². The van der Waals surface area contributed by atoms with E-state index in [-0.39, 0.29) is 0 Å². The van der Waals surface area contributed by atoms with Crippen LogP contribution in [0.2, 0.25) is 0 Å². The highest BCUT2D eigenvalue weighted by molar-refractivity contribution is 7.99. The molecule has 3 aromatic rings. The van der Waals surface area contributed by atoms with Gasteiger partial charge in [-0.25, -0.2) is 0 Å². The topological polar surface area (TPSA) is 12.5 Å². The zero-order valence-electron chi connectivity index (χ0n) is 15.2. The first kappa shape index (κ1) is 17.8. The average molecular weight is 382 g/mol. The second-order valence-electron chi connectivity index (χ2n) is 6.75. The standard InChI is InChI=1S/C22H23NOS2/c1-23(2)12-7-13-24-14-21-22-17-9-4-6-11-20(17)26-19-10-5-3-8-16(19)18(22)15-25-21/h3-6,8-11,15H,7,12-14H2,1-2H3. The van der Waals surface area contributed by atoms with Gasteiger partial charge in [-0.3, -0.25) is 0 Å². The van der Waals surface area contributed by atoms with Gasteiger partial charge >= 0.3 is 0 Å². The fourth-order valence-corrected chi connectivity index (χ4v) is 5.40. The minimum atomic E-state index is 0.689. The molecule has 1 aliphatic heterocycles. The third-order valence-corrected chi connectivity index (χ3v) is 6.66. The van der Waals surface area contributed by atoms with Crippen LogP contribution in [0.15, 0.2) is 63.7 Å². The fraction of sp³-hybridized carbons (Fsp3) is 0.273. The van der Waals surface area contributed by atoms with E-state index >= 15 is 0 Å². The van der Waals surface area contributed by atoms with Crippen LogP contribution < -0.4 is 0 Å². The number of fused-ring (bicyclic) bond motifs is 5. The Bertz CT molecular complexity index is 901. The summed E-state index contributed by atoms with van der Waals surface area (Å²) < 4.78 is 6.02. The van der Waals surface area contributed by atoms with Crippen molar-refractivity contribution in [2.45, 2.75) is 22.8 Å². The molecule has 0 aliphatic carbocycles. The summed E-state index contributed by atoms with van der Waals surface area (Å²) in [5.74, 6) is 0. The summed E-state index contributed by atoms with van der Waals surface area (Å²) in [6.07, 6.45) is 1.07. The van der Waals surface area contributed by atoms with E-state index in [0.717, 1.165) is 19.6 Å². The molecule has 0 radical (unpaired) electrons. The molecule has 0 atom stereocenters. The fourth-order valence-electron chi connectivity index (χ4n) is 3.30. The van der Waals surface area contributed by atoms with E-state index in [9.17, 15) is 0 Å². The molecule has 0 bridgehead atoms. The van der Waals surface area contributed by atoms with Crippen molar-refractivity contribution in [1.82, 2.24) is 4.90 Å². The number of thiophene rings is 1. The summed E-state index contributed by atoms with van der Waals surface area (Å²) in [6, 6.07) is 17.5. The Morgan fingerprint density at radius 3 is 2.35 bits per heavy atom. The van der Waals surface area contributed by atoms with E-state index < -0.39 is 0 Å². The monoisotopic (exact) mass is 381 g/mol. The minimum Gasteiger partial charge on any atom is -0.376 e. The maximum Gasteiger partial charge on any atom is 0.0815 e. The van der Waals surface area contributed by atoms with Crippen molar-refractivity contribution in [1.29, 1.82) is 0 Å². The van der Waals surface area contributed by atoms with E-state index in [0.29, 0.717) is 6.61 Å². The number of nitrogens with zero attached hydrogens (tertiary/aromatic N) is 1. The highest BCUT2D eigenvalue weighted by Crippen LogP contribution is 2.50. The Morgan fingerprint density at radius 1 is 0.885 bits per heavy atom. The Kier molecular flexibility index (Phi) is 5.46. The minimum absolute atomic E-state index is 0.689. The van der Waals surface area contributed by atoms with Crippen LogP contribution in [-0.2, 0) is 11.3 Å². The molecule has 26 heavy (non-hydrogen) atoms. The van der Waals surface area contributed by atoms with Gasteiger partial charge in [-0.05, 0) is 55.7 Å². The summed E-state index contributed by atoms with van der Waals surface area (Å²) in [5, 5.41) is 2.30. The lowest BCUT2D eigenvalue weighted by Gasteiger charge is -2.11. The number of ether oxygens (including phenoxy) is 1. The third-order valence-electron chi connectivity index (χ3n) is 4.55. The lowest BCUT2D eigenvalue weighted by molar-refractivity contribution is 0.115. The molecule has 0 fully saturated rings. The van der Waals surface area contributed by atoms with Crippen LogP contribution in [-0.4, -0.2) is 32.1 Å². The first-order valence-corrected chi connectivity index (χ1v) is 10.6. The van der Waals surface area contributed by atoms with Gasteiger partial charge in [-0.1, -0.05) is 48.2 Å². The highest BCUT2D eigenvalue weighted by atomic mass is 32.2. The Labute approximate surface area is 163 Å². The maximum absolute atomic E-state index is 6.02. The van der Waals surface area contributed by atoms with Crippen LogP contribution in [0.5, 0.6) is 0 Å². The van der Waals surface area contributed by atoms with Crippen molar-refractivity contribution in [2.24, 2.45) is 0 Å². The van der Waals surface area contributed by atoms with Gasteiger partial charge in [0, 0.05) is 32.4 Å². The Hall–Kier alpha value is -1.59. The molecule has 0 N–H and O–H groups in total. The van der Waals surface area contributed by atoms with E-state index in [4.69, 9.17) is 4.74 Å². The Balaban J connectivity index is 1.67. The molecule has 4 rings (SSSR count). The van der Waals surface area contributed by atoms with Gasteiger partial charge in [0.05, 0.1) is 6.61 Å². The maximum atomic E-state index is 6.02. The zero-order chi connectivity index (χ0) is 17.9. The van der Waals surface area contributed by atoms with E-state index in [2.05, 4.69) is 72.9 Å². The average Bonchev–Trinajstić information content (AvgIpc) is 2.99. The quantitative estimate of drug-likeness (QED) is 0.379. The van der Waals surface area contributed by atoms with Gasteiger partial charge in [0.15, 0.2) is 0 Å². The molecule has 0 spiro atoms. The molecular weight excluding hydrogens is 358 g/mol. The summed E-state index contributed by atoms with van der Waals surface area (Å²) in [5.41, 5.74) is 5.36. The van der Waals surface area contributed by atoms with Crippen LogP contribution in [0.1, 0.15) is 11.3 Å². The third kappa shape index (κ3) is 3.60. The first-order chi connectivity index (χ1) is 12.7. The van der Waals surface area contributed by atoms with Crippen molar-refractivity contribution in [3.8, 4) is 22.3 Å². The molecule has 0 saturated carbocycles.